The number of nitrogens with one attached hydrogen (secondary N) is 1. The SMILES string of the molecule is COc1cc2occ(C)c2cc1/C(C)=C/C(=O)NCc1ccncc1. The van der Waals surface area contributed by atoms with E-state index >= 15 is 0 Å². The molecule has 128 valence electrons. The van der Waals surface area contributed by atoms with Gasteiger partial charge in [-0.2, -0.15) is 0 Å². The number of allylic oxidation sites excluding steroid dienone is 1. The summed E-state index contributed by atoms with van der Waals surface area (Å²) < 4.78 is 11.0. The van der Waals surface area contributed by atoms with Crippen molar-refractivity contribution in [3.05, 3.63) is 65.7 Å². The van der Waals surface area contributed by atoms with Gasteiger partial charge in [0.05, 0.1) is 13.4 Å². The number of benzene rings is 1. The van der Waals surface area contributed by atoms with Gasteiger partial charge >= 0.3 is 0 Å². The van der Waals surface area contributed by atoms with Gasteiger partial charge in [-0.3, -0.25) is 9.78 Å². The van der Waals surface area contributed by atoms with Crippen molar-refractivity contribution in [1.29, 1.82) is 0 Å². The molecule has 0 aliphatic rings. The van der Waals surface area contributed by atoms with Crippen molar-refractivity contribution in [3.63, 3.8) is 0 Å². The van der Waals surface area contributed by atoms with Crippen molar-refractivity contribution >= 4 is 22.4 Å². The summed E-state index contributed by atoms with van der Waals surface area (Å²) in [6, 6.07) is 7.59. The van der Waals surface area contributed by atoms with Crippen LogP contribution in [-0.4, -0.2) is 18.0 Å². The summed E-state index contributed by atoms with van der Waals surface area (Å²) in [4.78, 5) is 16.2. The molecule has 1 aromatic carbocycles. The Labute approximate surface area is 146 Å². The molecular weight excluding hydrogens is 316 g/mol. The molecule has 5 nitrogen and oxygen atoms in total. The van der Waals surface area contributed by atoms with E-state index in [1.165, 1.54) is 0 Å². The number of aromatic nitrogens is 1. The summed E-state index contributed by atoms with van der Waals surface area (Å²) >= 11 is 0. The monoisotopic (exact) mass is 336 g/mol. The number of aryl methyl sites for hydroxylation is 1. The summed E-state index contributed by atoms with van der Waals surface area (Å²) in [5.41, 5.74) is 4.52. The van der Waals surface area contributed by atoms with Crippen molar-refractivity contribution < 1.29 is 13.9 Å². The molecule has 25 heavy (non-hydrogen) atoms. The number of hydrogen-bond donors (Lipinski definition) is 1. The minimum Gasteiger partial charge on any atom is -0.496 e. The standard InChI is InChI=1S/C20H20N2O3/c1-13(8-20(23)22-11-15-4-6-21-7-5-15)16-9-17-14(2)12-25-19(17)10-18(16)24-3/h4-10,12H,11H2,1-3H3,(H,22,23)/b13-8+. The fourth-order valence-electron chi connectivity index (χ4n) is 2.67. The second-order valence-corrected chi connectivity index (χ2v) is 5.87. The average molecular weight is 336 g/mol. The van der Waals surface area contributed by atoms with Crippen LogP contribution in [-0.2, 0) is 11.3 Å². The molecule has 0 bridgehead atoms. The van der Waals surface area contributed by atoms with Crippen LogP contribution in [0.5, 0.6) is 5.75 Å². The molecule has 0 saturated carbocycles. The van der Waals surface area contributed by atoms with E-state index in [0.29, 0.717) is 12.3 Å². The van der Waals surface area contributed by atoms with E-state index in [4.69, 9.17) is 9.15 Å². The number of carbonyl (C=O) groups is 1. The third-order valence-corrected chi connectivity index (χ3v) is 4.08. The Bertz CT molecular complexity index is 927. The molecule has 5 heteroatoms. The molecule has 2 heterocycles. The largest absolute Gasteiger partial charge is 0.496 e. The highest BCUT2D eigenvalue weighted by atomic mass is 16.5. The number of nitrogens with zero attached hydrogens (tertiary/aromatic N) is 1. The predicted octanol–water partition coefficient (Wildman–Crippen LogP) is 3.86. The summed E-state index contributed by atoms with van der Waals surface area (Å²) in [5.74, 6) is 0.526. The van der Waals surface area contributed by atoms with Crippen molar-refractivity contribution in [2.24, 2.45) is 0 Å². The molecule has 0 unspecified atom stereocenters. The fraction of sp³-hybridized carbons (Fsp3) is 0.200. The van der Waals surface area contributed by atoms with E-state index in [-0.39, 0.29) is 5.91 Å². The highest BCUT2D eigenvalue weighted by Crippen LogP contribution is 2.33. The second kappa shape index (κ2) is 7.21. The van der Waals surface area contributed by atoms with Crippen LogP contribution in [0.25, 0.3) is 16.5 Å². The van der Waals surface area contributed by atoms with E-state index in [1.807, 2.05) is 38.1 Å². The van der Waals surface area contributed by atoms with Crippen LogP contribution in [0.2, 0.25) is 0 Å². The number of hydrogen-bond acceptors (Lipinski definition) is 4. The maximum absolute atomic E-state index is 12.2. The number of amides is 1. The van der Waals surface area contributed by atoms with Gasteiger partial charge < -0.3 is 14.5 Å². The zero-order valence-corrected chi connectivity index (χ0v) is 14.5. The van der Waals surface area contributed by atoms with Crippen molar-refractivity contribution in [3.8, 4) is 5.75 Å². The first-order valence-electron chi connectivity index (χ1n) is 7.99. The Hall–Kier alpha value is -3.08. The first kappa shape index (κ1) is 16.8. The normalized spacial score (nSPS) is 11.6. The molecule has 2 aromatic heterocycles. The van der Waals surface area contributed by atoms with Crippen LogP contribution < -0.4 is 10.1 Å². The number of carbonyl (C=O) groups excluding carboxylic acids is 1. The van der Waals surface area contributed by atoms with E-state index in [2.05, 4.69) is 10.3 Å². The minimum absolute atomic E-state index is 0.152. The van der Waals surface area contributed by atoms with Gasteiger partial charge in [0.15, 0.2) is 0 Å². The molecule has 3 rings (SSSR count). The van der Waals surface area contributed by atoms with E-state index in [0.717, 1.165) is 33.2 Å². The van der Waals surface area contributed by atoms with Gasteiger partial charge in [0, 0.05) is 42.0 Å². The molecule has 0 aliphatic carbocycles. The molecule has 1 N–H and O–H groups in total. The van der Waals surface area contributed by atoms with Crippen molar-refractivity contribution in [2.45, 2.75) is 20.4 Å². The molecule has 0 radical (unpaired) electrons. The maximum Gasteiger partial charge on any atom is 0.244 e. The van der Waals surface area contributed by atoms with E-state index in [9.17, 15) is 4.79 Å². The molecule has 0 saturated heterocycles. The smallest absolute Gasteiger partial charge is 0.244 e. The topological polar surface area (TPSA) is 64.4 Å². The molecular formula is C20H20N2O3. The second-order valence-electron chi connectivity index (χ2n) is 5.87. The molecule has 3 aromatic rings. The quantitative estimate of drug-likeness (QED) is 0.719. The van der Waals surface area contributed by atoms with Crippen LogP contribution >= 0.6 is 0 Å². The van der Waals surface area contributed by atoms with Gasteiger partial charge in [0.2, 0.25) is 5.91 Å². The highest BCUT2D eigenvalue weighted by Gasteiger charge is 2.12. The van der Waals surface area contributed by atoms with Crippen LogP contribution in [0.15, 0.2) is 53.4 Å². The Kier molecular flexibility index (Phi) is 4.84. The third kappa shape index (κ3) is 3.71. The Morgan fingerprint density at radius 3 is 2.80 bits per heavy atom. The number of pyridine rings is 1. The molecule has 0 spiro atoms. The Morgan fingerprint density at radius 2 is 2.08 bits per heavy atom. The first-order chi connectivity index (χ1) is 12.1. The summed E-state index contributed by atoms with van der Waals surface area (Å²) in [7, 11) is 1.61. The fourth-order valence-corrected chi connectivity index (χ4v) is 2.67. The number of fused-ring (bicyclic) bond motifs is 1. The molecule has 0 aliphatic heterocycles. The van der Waals surface area contributed by atoms with Gasteiger partial charge in [0.1, 0.15) is 11.3 Å². The summed E-state index contributed by atoms with van der Waals surface area (Å²) in [6.07, 6.45) is 6.71. The van der Waals surface area contributed by atoms with Crippen LogP contribution in [0, 0.1) is 6.92 Å². The summed E-state index contributed by atoms with van der Waals surface area (Å²) in [5, 5.41) is 3.89. The highest BCUT2D eigenvalue weighted by molar-refractivity contribution is 5.97. The van der Waals surface area contributed by atoms with E-state index < -0.39 is 0 Å². The number of rotatable bonds is 5. The van der Waals surface area contributed by atoms with Gasteiger partial charge in [-0.1, -0.05) is 0 Å². The van der Waals surface area contributed by atoms with Gasteiger partial charge in [-0.25, -0.2) is 0 Å². The Balaban J connectivity index is 1.82. The molecule has 1 amide bonds. The van der Waals surface area contributed by atoms with Gasteiger partial charge in [-0.05, 0) is 48.7 Å². The minimum atomic E-state index is -0.152. The van der Waals surface area contributed by atoms with Gasteiger partial charge in [-0.15, -0.1) is 0 Å². The molecule has 0 fully saturated rings. The number of methoxy groups -OCH3 is 1. The van der Waals surface area contributed by atoms with Crippen LogP contribution in [0.1, 0.15) is 23.6 Å². The third-order valence-electron chi connectivity index (χ3n) is 4.08. The van der Waals surface area contributed by atoms with Crippen LogP contribution in [0.3, 0.4) is 0 Å². The average Bonchev–Trinajstić information content (AvgIpc) is 3.00. The number of ether oxygens (including phenoxy) is 1. The summed E-state index contributed by atoms with van der Waals surface area (Å²) in [6.45, 7) is 4.34. The Morgan fingerprint density at radius 1 is 1.32 bits per heavy atom. The first-order valence-corrected chi connectivity index (χ1v) is 7.99. The lowest BCUT2D eigenvalue weighted by Gasteiger charge is -2.10. The van der Waals surface area contributed by atoms with Crippen LogP contribution in [0.4, 0.5) is 0 Å². The molecule has 0 atom stereocenters. The zero-order chi connectivity index (χ0) is 17.8. The lowest BCUT2D eigenvalue weighted by molar-refractivity contribution is -0.116. The van der Waals surface area contributed by atoms with Crippen molar-refractivity contribution in [1.82, 2.24) is 10.3 Å². The lowest BCUT2D eigenvalue weighted by Crippen LogP contribution is -2.20. The number of furan rings is 1. The van der Waals surface area contributed by atoms with E-state index in [1.54, 1.807) is 31.8 Å². The zero-order valence-electron chi connectivity index (χ0n) is 14.5. The van der Waals surface area contributed by atoms with Crippen molar-refractivity contribution in [2.75, 3.05) is 7.11 Å². The lowest BCUT2D eigenvalue weighted by atomic mass is 10.0. The predicted molar refractivity (Wildman–Crippen MR) is 97.2 cm³/mol. The maximum atomic E-state index is 12.2. The van der Waals surface area contributed by atoms with Gasteiger partial charge in [0.25, 0.3) is 0 Å².